The van der Waals surface area contributed by atoms with Crippen molar-refractivity contribution in [2.45, 2.75) is 25.8 Å². The van der Waals surface area contributed by atoms with Gasteiger partial charge >= 0.3 is 5.97 Å². The highest BCUT2D eigenvalue weighted by Crippen LogP contribution is 2.20. The zero-order valence-corrected chi connectivity index (χ0v) is 10.9. The molecule has 1 aliphatic rings. The number of nitro benzene ring substituents is 1. The van der Waals surface area contributed by atoms with E-state index < -0.39 is 10.9 Å². The van der Waals surface area contributed by atoms with Crippen LogP contribution in [-0.4, -0.2) is 29.4 Å². The van der Waals surface area contributed by atoms with Gasteiger partial charge in [-0.2, -0.15) is 0 Å². The highest BCUT2D eigenvalue weighted by molar-refractivity contribution is 5.90. The Balaban J connectivity index is 2.00. The molecule has 0 saturated carbocycles. The number of nitrogens with one attached hydrogen (secondary N) is 1. The lowest BCUT2D eigenvalue weighted by atomic mass is 10.1. The van der Waals surface area contributed by atoms with Crippen molar-refractivity contribution in [1.29, 1.82) is 0 Å². The number of esters is 1. The van der Waals surface area contributed by atoms with Crippen LogP contribution in [0.15, 0.2) is 18.2 Å². The number of hydrogen-bond acceptors (Lipinski definition) is 5. The highest BCUT2D eigenvalue weighted by atomic mass is 16.6. The molecule has 1 heterocycles. The topological polar surface area (TPSA) is 98.5 Å². The first-order valence-corrected chi connectivity index (χ1v) is 6.19. The summed E-state index contributed by atoms with van der Waals surface area (Å²) in [5.74, 6) is -0.689. The second-order valence-corrected chi connectivity index (χ2v) is 4.66. The average molecular weight is 278 g/mol. The number of carbonyl (C=O) groups excluding carboxylic acids is 2. The molecule has 1 aromatic carbocycles. The number of amides is 1. The van der Waals surface area contributed by atoms with E-state index in [-0.39, 0.29) is 29.8 Å². The molecule has 1 amide bonds. The molecule has 2 rings (SSSR count). The van der Waals surface area contributed by atoms with E-state index in [4.69, 9.17) is 4.74 Å². The fraction of sp³-hybridized carbons (Fsp3) is 0.385. The maximum atomic E-state index is 11.8. The first-order chi connectivity index (χ1) is 9.47. The van der Waals surface area contributed by atoms with Gasteiger partial charge in [-0.05, 0) is 19.4 Å². The predicted molar refractivity (Wildman–Crippen MR) is 69.3 cm³/mol. The normalized spacial score (nSPS) is 17.6. The van der Waals surface area contributed by atoms with Gasteiger partial charge in [-0.3, -0.25) is 14.9 Å². The van der Waals surface area contributed by atoms with Gasteiger partial charge in [0, 0.05) is 18.1 Å². The maximum absolute atomic E-state index is 11.8. The van der Waals surface area contributed by atoms with Crippen molar-refractivity contribution in [2.24, 2.45) is 0 Å². The number of carbonyl (C=O) groups is 2. The summed E-state index contributed by atoms with van der Waals surface area (Å²) >= 11 is 0. The highest BCUT2D eigenvalue weighted by Gasteiger charge is 2.23. The molecule has 0 radical (unpaired) electrons. The third-order valence-electron chi connectivity index (χ3n) is 3.14. The smallest absolute Gasteiger partial charge is 0.338 e. The van der Waals surface area contributed by atoms with Gasteiger partial charge in [0.05, 0.1) is 16.5 Å². The van der Waals surface area contributed by atoms with Crippen molar-refractivity contribution < 1.29 is 19.2 Å². The van der Waals surface area contributed by atoms with Gasteiger partial charge in [0.1, 0.15) is 6.61 Å². The monoisotopic (exact) mass is 278 g/mol. The van der Waals surface area contributed by atoms with Crippen LogP contribution in [0.4, 0.5) is 5.69 Å². The fourth-order valence-corrected chi connectivity index (χ4v) is 2.00. The molecule has 1 N–H and O–H groups in total. The summed E-state index contributed by atoms with van der Waals surface area (Å²) in [4.78, 5) is 33.1. The van der Waals surface area contributed by atoms with Gasteiger partial charge in [0.2, 0.25) is 5.91 Å². The molecule has 0 spiro atoms. The van der Waals surface area contributed by atoms with Crippen molar-refractivity contribution in [2.75, 3.05) is 6.61 Å². The quantitative estimate of drug-likeness (QED) is 0.509. The van der Waals surface area contributed by atoms with E-state index in [0.717, 1.165) is 0 Å². The van der Waals surface area contributed by atoms with Crippen LogP contribution >= 0.6 is 0 Å². The van der Waals surface area contributed by atoms with E-state index in [9.17, 15) is 19.7 Å². The van der Waals surface area contributed by atoms with Gasteiger partial charge in [-0.1, -0.05) is 6.07 Å². The van der Waals surface area contributed by atoms with Crippen LogP contribution in [0, 0.1) is 17.0 Å². The van der Waals surface area contributed by atoms with Gasteiger partial charge in [-0.25, -0.2) is 4.79 Å². The minimum atomic E-state index is -0.630. The third-order valence-corrected chi connectivity index (χ3v) is 3.14. The lowest BCUT2D eigenvalue weighted by molar-refractivity contribution is -0.385. The molecule has 1 atom stereocenters. The van der Waals surface area contributed by atoms with Crippen molar-refractivity contribution >= 4 is 17.6 Å². The van der Waals surface area contributed by atoms with E-state index in [1.165, 1.54) is 18.2 Å². The van der Waals surface area contributed by atoms with Crippen LogP contribution in [0.25, 0.3) is 0 Å². The van der Waals surface area contributed by atoms with Gasteiger partial charge in [-0.15, -0.1) is 0 Å². The van der Waals surface area contributed by atoms with Crippen molar-refractivity contribution in [3.63, 3.8) is 0 Å². The average Bonchev–Trinajstić information content (AvgIpc) is 2.82. The molecule has 0 bridgehead atoms. The number of aryl methyl sites for hydroxylation is 1. The van der Waals surface area contributed by atoms with E-state index in [1.807, 2.05) is 0 Å². The number of hydrogen-bond donors (Lipinski definition) is 1. The van der Waals surface area contributed by atoms with E-state index >= 15 is 0 Å². The molecule has 1 aliphatic heterocycles. The second-order valence-electron chi connectivity index (χ2n) is 4.66. The Morgan fingerprint density at radius 1 is 1.55 bits per heavy atom. The van der Waals surface area contributed by atoms with E-state index in [1.54, 1.807) is 6.92 Å². The number of nitrogens with zero attached hydrogens (tertiary/aromatic N) is 1. The summed E-state index contributed by atoms with van der Waals surface area (Å²) < 4.78 is 5.06. The van der Waals surface area contributed by atoms with Gasteiger partial charge in [0.15, 0.2) is 0 Å². The van der Waals surface area contributed by atoms with Gasteiger partial charge in [0.25, 0.3) is 5.69 Å². The Kier molecular flexibility index (Phi) is 3.97. The molecule has 0 aliphatic carbocycles. The molecule has 1 unspecified atom stereocenters. The number of benzene rings is 1. The molecular formula is C13H14N2O5. The SMILES string of the molecule is Cc1ccc(C(=O)OCC2CCC(=O)N2)cc1[N+](=O)[O-]. The fourth-order valence-electron chi connectivity index (χ4n) is 2.00. The summed E-state index contributed by atoms with van der Waals surface area (Å²) in [5, 5.41) is 13.5. The molecule has 0 aromatic heterocycles. The number of ether oxygens (including phenoxy) is 1. The van der Waals surface area contributed by atoms with Crippen molar-refractivity contribution in [3.05, 3.63) is 39.4 Å². The first kappa shape index (κ1) is 14.0. The Morgan fingerprint density at radius 3 is 2.90 bits per heavy atom. The van der Waals surface area contributed by atoms with Crippen LogP contribution in [0.5, 0.6) is 0 Å². The number of nitro groups is 1. The molecule has 1 fully saturated rings. The predicted octanol–water partition coefficient (Wildman–Crippen LogP) is 1.34. The molecule has 7 heteroatoms. The van der Waals surface area contributed by atoms with Crippen LogP contribution in [0.3, 0.4) is 0 Å². The Bertz CT molecular complexity index is 570. The zero-order chi connectivity index (χ0) is 14.7. The van der Waals surface area contributed by atoms with Gasteiger partial charge < -0.3 is 10.1 Å². The van der Waals surface area contributed by atoms with Crippen LogP contribution in [-0.2, 0) is 9.53 Å². The molecule has 1 aromatic rings. The van der Waals surface area contributed by atoms with Crippen LogP contribution in [0.2, 0.25) is 0 Å². The summed E-state index contributed by atoms with van der Waals surface area (Å²) in [7, 11) is 0. The van der Waals surface area contributed by atoms with E-state index in [0.29, 0.717) is 18.4 Å². The number of rotatable bonds is 4. The molecular weight excluding hydrogens is 264 g/mol. The van der Waals surface area contributed by atoms with Crippen LogP contribution in [0.1, 0.15) is 28.8 Å². The summed E-state index contributed by atoms with van der Waals surface area (Å²) in [5.41, 5.74) is 0.495. The Hall–Kier alpha value is -2.44. The third kappa shape index (κ3) is 3.11. The van der Waals surface area contributed by atoms with Crippen LogP contribution < -0.4 is 5.32 Å². The van der Waals surface area contributed by atoms with Crippen molar-refractivity contribution in [1.82, 2.24) is 5.32 Å². The molecule has 1 saturated heterocycles. The maximum Gasteiger partial charge on any atom is 0.338 e. The summed E-state index contributed by atoms with van der Waals surface area (Å²) in [6.07, 6.45) is 1.05. The minimum Gasteiger partial charge on any atom is -0.460 e. The second kappa shape index (κ2) is 5.68. The molecule has 7 nitrogen and oxygen atoms in total. The Morgan fingerprint density at radius 2 is 2.30 bits per heavy atom. The van der Waals surface area contributed by atoms with E-state index in [2.05, 4.69) is 5.32 Å². The first-order valence-electron chi connectivity index (χ1n) is 6.19. The molecule has 20 heavy (non-hydrogen) atoms. The lowest BCUT2D eigenvalue weighted by Crippen LogP contribution is -2.30. The standard InChI is InChI=1S/C13H14N2O5/c1-8-2-3-9(6-11(8)15(18)19)13(17)20-7-10-4-5-12(16)14-10/h2-3,6,10H,4-5,7H2,1H3,(H,14,16). The molecule has 106 valence electrons. The zero-order valence-electron chi connectivity index (χ0n) is 10.9. The van der Waals surface area contributed by atoms with Crippen molar-refractivity contribution in [3.8, 4) is 0 Å². The minimum absolute atomic E-state index is 0.0583. The lowest BCUT2D eigenvalue weighted by Gasteiger charge is -2.10. The largest absolute Gasteiger partial charge is 0.460 e. The summed E-state index contributed by atoms with van der Waals surface area (Å²) in [6, 6.07) is 4.02. The summed E-state index contributed by atoms with van der Waals surface area (Å²) in [6.45, 7) is 1.67. The Labute approximate surface area is 115 Å².